The van der Waals surface area contributed by atoms with Crippen LogP contribution >= 0.6 is 15.9 Å². The van der Waals surface area contributed by atoms with Crippen LogP contribution in [0.15, 0.2) is 16.6 Å². The zero-order chi connectivity index (χ0) is 14.0. The van der Waals surface area contributed by atoms with Gasteiger partial charge in [-0.3, -0.25) is 4.79 Å². The number of rotatable bonds is 3. The predicted octanol–water partition coefficient (Wildman–Crippen LogP) is 2.24. The second-order valence-electron chi connectivity index (χ2n) is 4.95. The first-order chi connectivity index (χ1) is 9.02. The first kappa shape index (κ1) is 14.5. The van der Waals surface area contributed by atoms with Crippen molar-refractivity contribution in [1.29, 1.82) is 0 Å². The highest BCUT2D eigenvalue weighted by Gasteiger charge is 2.32. The van der Waals surface area contributed by atoms with E-state index in [9.17, 15) is 4.79 Å². The van der Waals surface area contributed by atoms with Gasteiger partial charge >= 0.3 is 0 Å². The van der Waals surface area contributed by atoms with E-state index < -0.39 is 0 Å². The first-order valence-electron chi connectivity index (χ1n) is 6.35. The third-order valence-corrected chi connectivity index (χ3v) is 4.74. The van der Waals surface area contributed by atoms with E-state index in [-0.39, 0.29) is 17.9 Å². The summed E-state index contributed by atoms with van der Waals surface area (Å²) in [5.74, 6) is -0.118. The molecule has 1 amide bonds. The molecule has 2 rings (SSSR count). The molecule has 0 aromatic heterocycles. The minimum atomic E-state index is -0.130. The number of carbonyl (C=O) groups excluding carboxylic acids is 1. The van der Waals surface area contributed by atoms with Gasteiger partial charge < -0.3 is 15.4 Å². The van der Waals surface area contributed by atoms with E-state index in [4.69, 9.17) is 4.74 Å². The quantitative estimate of drug-likeness (QED) is 0.895. The molecule has 0 saturated carbocycles. The van der Waals surface area contributed by atoms with Gasteiger partial charge in [0.05, 0.1) is 19.1 Å². The summed E-state index contributed by atoms with van der Waals surface area (Å²) in [6.07, 6.45) is 0. The van der Waals surface area contributed by atoms with Crippen molar-refractivity contribution in [3.05, 3.63) is 27.7 Å². The van der Waals surface area contributed by atoms with E-state index in [1.807, 2.05) is 33.0 Å². The van der Waals surface area contributed by atoms with Gasteiger partial charge in [-0.2, -0.15) is 0 Å². The number of likely N-dealkylation sites (N-methyl/N-ethyl adjacent to an activating group) is 1. The molecule has 1 saturated heterocycles. The molecular formula is C14H19BrN2O2. The largest absolute Gasteiger partial charge is 0.379 e. The fraction of sp³-hybridized carbons (Fsp3) is 0.500. The molecule has 1 aliphatic heterocycles. The van der Waals surface area contributed by atoms with Crippen LogP contribution < -0.4 is 10.6 Å². The van der Waals surface area contributed by atoms with Crippen molar-refractivity contribution in [2.24, 2.45) is 5.92 Å². The summed E-state index contributed by atoms with van der Waals surface area (Å²) in [7, 11) is 1.85. The maximum Gasteiger partial charge on any atom is 0.231 e. The summed E-state index contributed by atoms with van der Waals surface area (Å²) in [6.45, 7) is 5.10. The van der Waals surface area contributed by atoms with Crippen LogP contribution in [0.2, 0.25) is 0 Å². The van der Waals surface area contributed by atoms with E-state index in [1.54, 1.807) is 0 Å². The van der Waals surface area contributed by atoms with Gasteiger partial charge in [0.25, 0.3) is 0 Å². The first-order valence-corrected chi connectivity index (χ1v) is 7.15. The Labute approximate surface area is 122 Å². The topological polar surface area (TPSA) is 50.4 Å². The summed E-state index contributed by atoms with van der Waals surface area (Å²) < 4.78 is 6.44. The lowest BCUT2D eigenvalue weighted by Gasteiger charge is -2.17. The molecule has 104 valence electrons. The van der Waals surface area contributed by atoms with Crippen LogP contribution in [0.1, 0.15) is 11.1 Å². The van der Waals surface area contributed by atoms with Gasteiger partial charge in [0.1, 0.15) is 0 Å². The van der Waals surface area contributed by atoms with Crippen LogP contribution in [-0.2, 0) is 9.53 Å². The number of ether oxygens (including phenoxy) is 1. The lowest BCUT2D eigenvalue weighted by Crippen LogP contribution is -2.39. The summed E-state index contributed by atoms with van der Waals surface area (Å²) in [4.78, 5) is 12.2. The Bertz CT molecular complexity index is 467. The lowest BCUT2D eigenvalue weighted by atomic mass is 10.0. The van der Waals surface area contributed by atoms with Gasteiger partial charge in [0, 0.05) is 16.2 Å². The predicted molar refractivity (Wildman–Crippen MR) is 79.4 cm³/mol. The monoisotopic (exact) mass is 326 g/mol. The smallest absolute Gasteiger partial charge is 0.231 e. The normalized spacial score (nSPS) is 22.5. The molecule has 1 aromatic carbocycles. The maximum atomic E-state index is 12.2. The second kappa shape index (κ2) is 6.03. The highest BCUT2D eigenvalue weighted by Crippen LogP contribution is 2.25. The van der Waals surface area contributed by atoms with Crippen LogP contribution in [-0.4, -0.2) is 32.2 Å². The SMILES string of the molecule is CNC1COCC1C(=O)Nc1cc(C)c(Br)c(C)c1. The molecule has 2 N–H and O–H groups in total. The van der Waals surface area contributed by atoms with Crippen molar-refractivity contribution in [2.75, 3.05) is 25.6 Å². The average molecular weight is 327 g/mol. The fourth-order valence-electron chi connectivity index (χ4n) is 2.35. The number of amides is 1. The molecule has 1 aromatic rings. The molecular weight excluding hydrogens is 308 g/mol. The molecule has 1 fully saturated rings. The van der Waals surface area contributed by atoms with Gasteiger partial charge in [0.15, 0.2) is 0 Å². The van der Waals surface area contributed by atoms with Gasteiger partial charge in [-0.05, 0) is 44.2 Å². The minimum absolute atomic E-state index is 0.0120. The van der Waals surface area contributed by atoms with Crippen LogP contribution in [0.5, 0.6) is 0 Å². The van der Waals surface area contributed by atoms with Crippen molar-refractivity contribution in [2.45, 2.75) is 19.9 Å². The number of benzene rings is 1. The van der Waals surface area contributed by atoms with Crippen molar-refractivity contribution < 1.29 is 9.53 Å². The standard InChI is InChI=1S/C14H19BrN2O2/c1-8-4-10(5-9(2)13(8)15)17-14(18)11-6-19-7-12(11)16-3/h4-5,11-12,16H,6-7H2,1-3H3,(H,17,18). The molecule has 4 nitrogen and oxygen atoms in total. The van der Waals surface area contributed by atoms with E-state index in [2.05, 4.69) is 26.6 Å². The average Bonchev–Trinajstić information content (AvgIpc) is 2.84. The lowest BCUT2D eigenvalue weighted by molar-refractivity contribution is -0.120. The van der Waals surface area contributed by atoms with Gasteiger partial charge in [-0.1, -0.05) is 15.9 Å². The molecule has 0 aliphatic carbocycles. The molecule has 0 bridgehead atoms. The second-order valence-corrected chi connectivity index (χ2v) is 5.75. The molecule has 2 unspecified atom stereocenters. The van der Waals surface area contributed by atoms with Crippen LogP contribution in [0.25, 0.3) is 0 Å². The van der Waals surface area contributed by atoms with Gasteiger partial charge in [0.2, 0.25) is 5.91 Å². The molecule has 19 heavy (non-hydrogen) atoms. The number of aryl methyl sites for hydroxylation is 2. The van der Waals surface area contributed by atoms with Crippen molar-refractivity contribution in [3.8, 4) is 0 Å². The molecule has 2 atom stereocenters. The van der Waals surface area contributed by atoms with Crippen molar-refractivity contribution in [3.63, 3.8) is 0 Å². The zero-order valence-corrected chi connectivity index (χ0v) is 13.0. The number of carbonyl (C=O) groups is 1. The summed E-state index contributed by atoms with van der Waals surface area (Å²) >= 11 is 3.52. The summed E-state index contributed by atoms with van der Waals surface area (Å²) in [5.41, 5.74) is 3.07. The minimum Gasteiger partial charge on any atom is -0.379 e. The van der Waals surface area contributed by atoms with Crippen LogP contribution in [0.4, 0.5) is 5.69 Å². The molecule has 1 aliphatic rings. The van der Waals surface area contributed by atoms with E-state index in [0.29, 0.717) is 13.2 Å². The highest BCUT2D eigenvalue weighted by molar-refractivity contribution is 9.10. The Morgan fingerprint density at radius 2 is 1.95 bits per heavy atom. The van der Waals surface area contributed by atoms with Crippen LogP contribution in [0, 0.1) is 19.8 Å². The zero-order valence-electron chi connectivity index (χ0n) is 11.4. The Morgan fingerprint density at radius 1 is 1.32 bits per heavy atom. The van der Waals surface area contributed by atoms with E-state index in [1.165, 1.54) is 0 Å². The number of hydrogen-bond acceptors (Lipinski definition) is 3. The molecule has 5 heteroatoms. The number of hydrogen-bond donors (Lipinski definition) is 2. The summed E-state index contributed by atoms with van der Waals surface area (Å²) in [6, 6.07) is 4.04. The Hall–Kier alpha value is -0.910. The Balaban J connectivity index is 2.11. The Kier molecular flexibility index (Phi) is 4.60. The van der Waals surface area contributed by atoms with E-state index in [0.717, 1.165) is 21.3 Å². The maximum absolute atomic E-state index is 12.2. The van der Waals surface area contributed by atoms with Gasteiger partial charge in [-0.25, -0.2) is 0 Å². The number of nitrogens with one attached hydrogen (secondary N) is 2. The molecule has 1 heterocycles. The van der Waals surface area contributed by atoms with Crippen molar-refractivity contribution in [1.82, 2.24) is 5.32 Å². The van der Waals surface area contributed by atoms with Gasteiger partial charge in [-0.15, -0.1) is 0 Å². The van der Waals surface area contributed by atoms with Crippen LogP contribution in [0.3, 0.4) is 0 Å². The molecule has 0 radical (unpaired) electrons. The van der Waals surface area contributed by atoms with E-state index >= 15 is 0 Å². The third-order valence-electron chi connectivity index (χ3n) is 3.49. The third kappa shape index (κ3) is 3.16. The number of halogens is 1. The highest BCUT2D eigenvalue weighted by atomic mass is 79.9. The summed E-state index contributed by atoms with van der Waals surface area (Å²) in [5, 5.41) is 6.10. The Morgan fingerprint density at radius 3 is 2.53 bits per heavy atom. The van der Waals surface area contributed by atoms with Crippen molar-refractivity contribution >= 4 is 27.5 Å². The molecule has 0 spiro atoms. The number of anilines is 1. The fourth-order valence-corrected chi connectivity index (χ4v) is 2.58.